The molecule has 1 unspecified atom stereocenters. The van der Waals surface area contributed by atoms with E-state index in [9.17, 15) is 9.50 Å². The molecule has 0 radical (unpaired) electrons. The van der Waals surface area contributed by atoms with Crippen molar-refractivity contribution in [1.82, 2.24) is 0 Å². The van der Waals surface area contributed by atoms with Gasteiger partial charge in [0.15, 0.2) is 0 Å². The maximum atomic E-state index is 13.5. The second-order valence-electron chi connectivity index (χ2n) is 5.55. The number of rotatable bonds is 5. The number of aliphatic hydroxyl groups excluding tert-OH is 1. The zero-order valence-electron chi connectivity index (χ0n) is 11.8. The highest BCUT2D eigenvalue weighted by Gasteiger charge is 2.19. The van der Waals surface area contributed by atoms with Crippen LogP contribution in [0.15, 0.2) is 53.4 Å². The fraction of sp³-hybridized carbons (Fsp3) is 0.333. The molecule has 1 saturated carbocycles. The first-order valence-electron chi connectivity index (χ1n) is 7.39. The van der Waals surface area contributed by atoms with Crippen molar-refractivity contribution in [2.45, 2.75) is 36.2 Å². The summed E-state index contributed by atoms with van der Waals surface area (Å²) in [6.45, 7) is 0. The summed E-state index contributed by atoms with van der Waals surface area (Å²) in [5, 5.41) is 10.2. The van der Waals surface area contributed by atoms with E-state index in [0.717, 1.165) is 5.56 Å². The van der Waals surface area contributed by atoms with Crippen molar-refractivity contribution in [3.63, 3.8) is 0 Å². The van der Waals surface area contributed by atoms with Gasteiger partial charge in [-0.2, -0.15) is 0 Å². The minimum Gasteiger partial charge on any atom is -0.388 e. The van der Waals surface area contributed by atoms with Gasteiger partial charge in [0.25, 0.3) is 0 Å². The van der Waals surface area contributed by atoms with Gasteiger partial charge in [-0.25, -0.2) is 4.39 Å². The largest absolute Gasteiger partial charge is 0.388 e. The summed E-state index contributed by atoms with van der Waals surface area (Å²) in [5.74, 6) is 0.947. The summed E-state index contributed by atoms with van der Waals surface area (Å²) in [7, 11) is 0. The Morgan fingerprint density at radius 1 is 1.10 bits per heavy atom. The third-order valence-corrected chi connectivity index (χ3v) is 5.26. The van der Waals surface area contributed by atoms with Crippen LogP contribution in [0, 0.1) is 5.82 Å². The maximum Gasteiger partial charge on any atom is 0.136 e. The number of hydrogen-bond acceptors (Lipinski definition) is 2. The molecule has 0 aromatic heterocycles. The van der Waals surface area contributed by atoms with Crippen LogP contribution in [0.1, 0.15) is 42.4 Å². The van der Waals surface area contributed by atoms with E-state index in [2.05, 4.69) is 12.1 Å². The first-order chi connectivity index (χ1) is 10.2. The summed E-state index contributed by atoms with van der Waals surface area (Å²) in [5.41, 5.74) is 2.28. The van der Waals surface area contributed by atoms with Gasteiger partial charge >= 0.3 is 0 Å². The average Bonchev–Trinajstić information content (AvgIpc) is 2.45. The highest BCUT2D eigenvalue weighted by molar-refractivity contribution is 7.99. The molecule has 1 N–H and O–H groups in total. The molecule has 0 aliphatic heterocycles. The zero-order valence-corrected chi connectivity index (χ0v) is 12.7. The van der Waals surface area contributed by atoms with Crippen LogP contribution in [0.25, 0.3) is 0 Å². The van der Waals surface area contributed by atoms with E-state index < -0.39 is 6.10 Å². The number of aliphatic hydroxyl groups is 1. The summed E-state index contributed by atoms with van der Waals surface area (Å²) in [6, 6.07) is 14.9. The van der Waals surface area contributed by atoms with Gasteiger partial charge in [0, 0.05) is 10.6 Å². The molecule has 0 heterocycles. The van der Waals surface area contributed by atoms with Crippen LogP contribution in [0.2, 0.25) is 0 Å². The molecule has 2 aromatic carbocycles. The molecule has 1 atom stereocenters. The summed E-state index contributed by atoms with van der Waals surface area (Å²) >= 11 is 1.35. The van der Waals surface area contributed by atoms with E-state index in [1.165, 1.54) is 42.7 Å². The quantitative estimate of drug-likeness (QED) is 0.791. The molecule has 21 heavy (non-hydrogen) atoms. The molecule has 0 bridgehead atoms. The Morgan fingerprint density at radius 2 is 1.81 bits per heavy atom. The Hall–Kier alpha value is -1.32. The smallest absolute Gasteiger partial charge is 0.136 e. The fourth-order valence-corrected chi connectivity index (χ4v) is 3.47. The number of hydrogen-bond donors (Lipinski definition) is 1. The van der Waals surface area contributed by atoms with Crippen LogP contribution in [-0.4, -0.2) is 10.9 Å². The monoisotopic (exact) mass is 302 g/mol. The van der Waals surface area contributed by atoms with Crippen molar-refractivity contribution in [3.05, 3.63) is 65.5 Å². The third kappa shape index (κ3) is 3.47. The Balaban J connectivity index is 1.60. The van der Waals surface area contributed by atoms with E-state index in [1.807, 2.05) is 18.2 Å². The maximum absolute atomic E-state index is 13.5. The molecular weight excluding hydrogens is 283 g/mol. The second-order valence-corrected chi connectivity index (χ2v) is 6.61. The first kappa shape index (κ1) is 14.6. The minimum absolute atomic E-state index is 0.227. The highest BCUT2D eigenvalue weighted by atomic mass is 32.2. The molecule has 3 heteroatoms. The molecule has 2 aromatic rings. The molecular formula is C18H19FOS. The van der Waals surface area contributed by atoms with Crippen LogP contribution in [0.4, 0.5) is 4.39 Å². The summed E-state index contributed by atoms with van der Waals surface area (Å²) in [6.07, 6.45) is 3.33. The number of halogens is 1. The van der Waals surface area contributed by atoms with Crippen LogP contribution in [0.3, 0.4) is 0 Å². The second kappa shape index (κ2) is 6.63. The molecule has 1 aliphatic carbocycles. The highest BCUT2D eigenvalue weighted by Crippen LogP contribution is 2.36. The fourth-order valence-electron chi connectivity index (χ4n) is 2.56. The van der Waals surface area contributed by atoms with Gasteiger partial charge < -0.3 is 5.11 Å². The van der Waals surface area contributed by atoms with E-state index in [1.54, 1.807) is 12.1 Å². The summed E-state index contributed by atoms with van der Waals surface area (Å²) < 4.78 is 13.5. The van der Waals surface area contributed by atoms with Crippen LogP contribution < -0.4 is 0 Å². The topological polar surface area (TPSA) is 20.2 Å². The van der Waals surface area contributed by atoms with Crippen molar-refractivity contribution in [3.8, 4) is 0 Å². The van der Waals surface area contributed by atoms with Gasteiger partial charge in [0.05, 0.1) is 6.10 Å². The Bertz CT molecular complexity index is 592. The standard InChI is InChI=1S/C18H19FOS/c19-16-6-1-2-7-18(16)21-12-17(20)15-10-8-14(9-11-15)13-4-3-5-13/h1-2,6-11,13,17,20H,3-5,12H2. The van der Waals surface area contributed by atoms with Gasteiger partial charge in [-0.1, -0.05) is 42.8 Å². The molecule has 1 aliphatic rings. The molecule has 0 spiro atoms. The Labute approximate surface area is 129 Å². The summed E-state index contributed by atoms with van der Waals surface area (Å²) in [4.78, 5) is 0.586. The van der Waals surface area contributed by atoms with Gasteiger partial charge in [-0.05, 0) is 42.0 Å². The van der Waals surface area contributed by atoms with E-state index >= 15 is 0 Å². The van der Waals surface area contributed by atoms with Crippen molar-refractivity contribution in [2.75, 3.05) is 5.75 Å². The first-order valence-corrected chi connectivity index (χ1v) is 8.38. The molecule has 3 rings (SSSR count). The van der Waals surface area contributed by atoms with E-state index in [-0.39, 0.29) is 5.82 Å². The van der Waals surface area contributed by atoms with Crippen molar-refractivity contribution in [1.29, 1.82) is 0 Å². The van der Waals surface area contributed by atoms with Crippen molar-refractivity contribution >= 4 is 11.8 Å². The number of benzene rings is 2. The van der Waals surface area contributed by atoms with Crippen LogP contribution in [0.5, 0.6) is 0 Å². The Morgan fingerprint density at radius 3 is 2.43 bits per heavy atom. The zero-order chi connectivity index (χ0) is 14.7. The van der Waals surface area contributed by atoms with E-state index in [4.69, 9.17) is 0 Å². The molecule has 110 valence electrons. The van der Waals surface area contributed by atoms with Gasteiger partial charge in [-0.15, -0.1) is 11.8 Å². The molecule has 0 saturated heterocycles. The van der Waals surface area contributed by atoms with Gasteiger partial charge in [-0.3, -0.25) is 0 Å². The van der Waals surface area contributed by atoms with Crippen molar-refractivity contribution in [2.24, 2.45) is 0 Å². The lowest BCUT2D eigenvalue weighted by molar-refractivity contribution is 0.204. The predicted octanol–water partition coefficient (Wildman–Crippen LogP) is 4.92. The lowest BCUT2D eigenvalue weighted by Gasteiger charge is -2.26. The minimum atomic E-state index is -0.565. The normalized spacial score (nSPS) is 16.5. The van der Waals surface area contributed by atoms with Crippen LogP contribution >= 0.6 is 11.8 Å². The predicted molar refractivity (Wildman–Crippen MR) is 85.1 cm³/mol. The SMILES string of the molecule is OC(CSc1ccccc1F)c1ccc(C2CCC2)cc1. The van der Waals surface area contributed by atoms with Crippen LogP contribution in [-0.2, 0) is 0 Å². The molecule has 0 amide bonds. The lowest BCUT2D eigenvalue weighted by Crippen LogP contribution is -2.09. The molecule has 1 nitrogen and oxygen atoms in total. The van der Waals surface area contributed by atoms with E-state index in [0.29, 0.717) is 16.6 Å². The average molecular weight is 302 g/mol. The number of thioether (sulfide) groups is 1. The molecule has 1 fully saturated rings. The van der Waals surface area contributed by atoms with Gasteiger partial charge in [0.2, 0.25) is 0 Å². The Kier molecular flexibility index (Phi) is 4.61. The van der Waals surface area contributed by atoms with Gasteiger partial charge in [0.1, 0.15) is 5.82 Å². The lowest BCUT2D eigenvalue weighted by atomic mass is 9.80. The third-order valence-electron chi connectivity index (χ3n) is 4.13. The van der Waals surface area contributed by atoms with Crippen molar-refractivity contribution < 1.29 is 9.50 Å².